The third-order valence-corrected chi connectivity index (χ3v) is 4.89. The highest BCUT2D eigenvalue weighted by atomic mass is 35.5. The summed E-state index contributed by atoms with van der Waals surface area (Å²) in [7, 11) is 0. The Morgan fingerprint density at radius 1 is 1.17 bits per heavy atom. The van der Waals surface area contributed by atoms with Crippen LogP contribution in [0.15, 0.2) is 48.2 Å². The van der Waals surface area contributed by atoms with Crippen molar-refractivity contribution in [3.05, 3.63) is 48.2 Å². The molecule has 0 saturated carbocycles. The summed E-state index contributed by atoms with van der Waals surface area (Å²) in [6.07, 6.45) is 10.2. The number of rotatable bonds is 3. The van der Waals surface area contributed by atoms with Gasteiger partial charge in [0.2, 0.25) is 5.91 Å². The van der Waals surface area contributed by atoms with Crippen LogP contribution in [0.3, 0.4) is 0 Å². The smallest absolute Gasteiger partial charge is 0.241 e. The number of hydrogen-bond acceptors (Lipinski definition) is 2. The second-order valence-electron chi connectivity index (χ2n) is 6.06. The molecule has 2 N–H and O–H groups in total. The fourth-order valence-electron chi connectivity index (χ4n) is 3.18. The predicted molar refractivity (Wildman–Crippen MR) is 86.5 cm³/mol. The van der Waals surface area contributed by atoms with Crippen LogP contribution in [-0.2, 0) is 4.79 Å². The molecule has 6 heteroatoms. The molecule has 0 aromatic carbocycles. The van der Waals surface area contributed by atoms with Gasteiger partial charge in [-0.2, -0.15) is 0 Å². The molecule has 0 radical (unpaired) electrons. The summed E-state index contributed by atoms with van der Waals surface area (Å²) in [6, 6.07) is -0.610. The van der Waals surface area contributed by atoms with Gasteiger partial charge in [0.05, 0.1) is 17.1 Å². The van der Waals surface area contributed by atoms with Gasteiger partial charge in [-0.05, 0) is 6.08 Å². The van der Waals surface area contributed by atoms with E-state index in [1.54, 1.807) is 18.2 Å². The average molecular weight is 341 g/mol. The van der Waals surface area contributed by atoms with Gasteiger partial charge in [-0.15, -0.1) is 11.6 Å². The first-order chi connectivity index (χ1) is 11.1. The SMILES string of the molecule is O=C(NC1=CC=CC(C2C=CC=CC2Cl)C1F)C1CC(F)CN1. The maximum atomic E-state index is 14.8. The molecule has 124 valence electrons. The van der Waals surface area contributed by atoms with Gasteiger partial charge >= 0.3 is 0 Å². The summed E-state index contributed by atoms with van der Waals surface area (Å²) in [4.78, 5) is 12.1. The van der Waals surface area contributed by atoms with E-state index in [4.69, 9.17) is 11.6 Å². The number of amides is 1. The Labute approximate surface area is 139 Å². The van der Waals surface area contributed by atoms with E-state index in [-0.39, 0.29) is 30.0 Å². The third-order valence-electron chi connectivity index (χ3n) is 4.46. The van der Waals surface area contributed by atoms with Crippen molar-refractivity contribution in [3.63, 3.8) is 0 Å². The van der Waals surface area contributed by atoms with E-state index >= 15 is 0 Å². The highest BCUT2D eigenvalue weighted by molar-refractivity contribution is 6.22. The lowest BCUT2D eigenvalue weighted by Crippen LogP contribution is -2.44. The third kappa shape index (κ3) is 3.56. The molecule has 2 aliphatic carbocycles. The molecule has 23 heavy (non-hydrogen) atoms. The maximum absolute atomic E-state index is 14.8. The van der Waals surface area contributed by atoms with Gasteiger partial charge in [0, 0.05) is 24.8 Å². The number of carbonyl (C=O) groups excluding carboxylic acids is 1. The molecule has 0 spiro atoms. The molecule has 1 fully saturated rings. The number of hydrogen-bond donors (Lipinski definition) is 2. The Bertz CT molecular complexity index is 587. The minimum atomic E-state index is -1.35. The van der Waals surface area contributed by atoms with Crippen LogP contribution in [0, 0.1) is 11.8 Å². The van der Waals surface area contributed by atoms with Crippen LogP contribution in [0.4, 0.5) is 8.78 Å². The lowest BCUT2D eigenvalue weighted by molar-refractivity contribution is -0.122. The summed E-state index contributed by atoms with van der Waals surface area (Å²) in [5.41, 5.74) is 0.207. The van der Waals surface area contributed by atoms with Crippen LogP contribution in [0.2, 0.25) is 0 Å². The van der Waals surface area contributed by atoms with Gasteiger partial charge in [0.1, 0.15) is 12.3 Å². The fraction of sp³-hybridized carbons (Fsp3) is 0.471. The summed E-state index contributed by atoms with van der Waals surface area (Å²) in [5.74, 6) is -1.01. The highest BCUT2D eigenvalue weighted by Crippen LogP contribution is 2.34. The largest absolute Gasteiger partial charge is 0.326 e. The Hall–Kier alpha value is -1.46. The molecule has 3 rings (SSSR count). The van der Waals surface area contributed by atoms with Gasteiger partial charge < -0.3 is 10.6 Å². The van der Waals surface area contributed by atoms with Crippen LogP contribution < -0.4 is 10.6 Å². The van der Waals surface area contributed by atoms with Gasteiger partial charge in [0.25, 0.3) is 0 Å². The van der Waals surface area contributed by atoms with Crippen LogP contribution in [-0.4, -0.2) is 36.2 Å². The zero-order valence-corrected chi connectivity index (χ0v) is 13.2. The van der Waals surface area contributed by atoms with Crippen LogP contribution in [0.1, 0.15) is 6.42 Å². The topological polar surface area (TPSA) is 41.1 Å². The van der Waals surface area contributed by atoms with E-state index in [2.05, 4.69) is 10.6 Å². The van der Waals surface area contributed by atoms with Crippen molar-refractivity contribution in [1.82, 2.24) is 10.6 Å². The van der Waals surface area contributed by atoms with E-state index in [0.29, 0.717) is 0 Å². The quantitative estimate of drug-likeness (QED) is 0.775. The molecule has 1 saturated heterocycles. The molecular weight excluding hydrogens is 322 g/mol. The second kappa shape index (κ2) is 6.97. The molecule has 0 aromatic heterocycles. The van der Waals surface area contributed by atoms with Crippen molar-refractivity contribution < 1.29 is 13.6 Å². The summed E-state index contributed by atoms with van der Waals surface area (Å²) in [6.45, 7) is 0.159. The van der Waals surface area contributed by atoms with Crippen molar-refractivity contribution in [1.29, 1.82) is 0 Å². The zero-order chi connectivity index (χ0) is 16.4. The number of nitrogens with one attached hydrogen (secondary N) is 2. The summed E-state index contributed by atoms with van der Waals surface area (Å²) >= 11 is 6.26. The first-order valence-electron chi connectivity index (χ1n) is 7.76. The normalized spacial score (nSPS) is 39.3. The van der Waals surface area contributed by atoms with E-state index < -0.39 is 30.2 Å². The average Bonchev–Trinajstić information content (AvgIpc) is 2.97. The summed E-state index contributed by atoms with van der Waals surface area (Å²) in [5, 5.41) is 5.11. The lowest BCUT2D eigenvalue weighted by Gasteiger charge is -2.32. The zero-order valence-electron chi connectivity index (χ0n) is 12.5. The van der Waals surface area contributed by atoms with E-state index in [0.717, 1.165) is 0 Å². The molecule has 0 aromatic rings. The van der Waals surface area contributed by atoms with Crippen molar-refractivity contribution in [2.45, 2.75) is 30.2 Å². The minimum Gasteiger partial charge on any atom is -0.326 e. The van der Waals surface area contributed by atoms with Crippen LogP contribution in [0.25, 0.3) is 0 Å². The van der Waals surface area contributed by atoms with Gasteiger partial charge in [-0.1, -0.05) is 36.5 Å². The molecule has 6 atom stereocenters. The minimum absolute atomic E-state index is 0.120. The summed E-state index contributed by atoms with van der Waals surface area (Å²) < 4.78 is 28.0. The molecule has 1 amide bonds. The number of halogens is 3. The van der Waals surface area contributed by atoms with E-state index in [1.807, 2.05) is 24.3 Å². The Kier molecular flexibility index (Phi) is 4.97. The maximum Gasteiger partial charge on any atom is 0.241 e. The van der Waals surface area contributed by atoms with E-state index in [9.17, 15) is 13.6 Å². The van der Waals surface area contributed by atoms with E-state index in [1.165, 1.54) is 0 Å². The molecule has 1 heterocycles. The van der Waals surface area contributed by atoms with Crippen LogP contribution in [0.5, 0.6) is 0 Å². The Balaban J connectivity index is 1.66. The molecule has 1 aliphatic heterocycles. The van der Waals surface area contributed by atoms with Crippen molar-refractivity contribution in [2.24, 2.45) is 11.8 Å². The number of carbonyl (C=O) groups is 1. The molecular formula is C17H19ClF2N2O. The first-order valence-corrected chi connectivity index (χ1v) is 8.19. The second-order valence-corrected chi connectivity index (χ2v) is 6.56. The monoisotopic (exact) mass is 340 g/mol. The Morgan fingerprint density at radius 2 is 1.91 bits per heavy atom. The number of alkyl halides is 3. The lowest BCUT2D eigenvalue weighted by atomic mass is 9.80. The molecule has 3 nitrogen and oxygen atoms in total. The first kappa shape index (κ1) is 16.4. The van der Waals surface area contributed by atoms with Crippen molar-refractivity contribution in [2.75, 3.05) is 6.54 Å². The Morgan fingerprint density at radius 3 is 2.61 bits per heavy atom. The highest BCUT2D eigenvalue weighted by Gasteiger charge is 2.36. The molecule has 6 unspecified atom stereocenters. The fourth-order valence-corrected chi connectivity index (χ4v) is 3.51. The van der Waals surface area contributed by atoms with Gasteiger partial charge in [-0.3, -0.25) is 4.79 Å². The van der Waals surface area contributed by atoms with Crippen LogP contribution >= 0.6 is 11.6 Å². The molecule has 3 aliphatic rings. The van der Waals surface area contributed by atoms with Gasteiger partial charge in [0.15, 0.2) is 0 Å². The van der Waals surface area contributed by atoms with Crippen molar-refractivity contribution >= 4 is 17.5 Å². The van der Waals surface area contributed by atoms with Gasteiger partial charge in [-0.25, -0.2) is 8.78 Å². The predicted octanol–water partition coefficient (Wildman–Crippen LogP) is 2.56. The standard InChI is InChI=1S/C17H19ClF2N2O/c18-13-6-2-1-4-11(13)12-5-3-7-14(16(12)20)22-17(23)15-8-10(19)9-21-15/h1-7,10-13,15-16,21H,8-9H2,(H,22,23). The van der Waals surface area contributed by atoms with Crippen molar-refractivity contribution in [3.8, 4) is 0 Å². The molecule has 0 bridgehead atoms. The number of allylic oxidation sites excluding steroid dienone is 8.